The summed E-state index contributed by atoms with van der Waals surface area (Å²) in [6, 6.07) is 0. The third-order valence-corrected chi connectivity index (χ3v) is 3.30. The van der Waals surface area contributed by atoms with Crippen LogP contribution in [0, 0.1) is 0 Å². The molecule has 6 heteroatoms. The number of nitrogens with zero attached hydrogens (tertiary/aromatic N) is 2. The number of hydrogen-bond donors (Lipinski definition) is 2. The van der Waals surface area contributed by atoms with Crippen LogP contribution in [0.25, 0.3) is 0 Å². The van der Waals surface area contributed by atoms with E-state index in [1.54, 1.807) is 11.9 Å². The Morgan fingerprint density at radius 1 is 1.65 bits per heavy atom. The van der Waals surface area contributed by atoms with Gasteiger partial charge in [-0.2, -0.15) is 0 Å². The molecule has 0 saturated carbocycles. The largest absolute Gasteiger partial charge is 0.340 e. The molecule has 1 aromatic heterocycles. The van der Waals surface area contributed by atoms with Crippen LogP contribution < -0.4 is 11.1 Å². The molecule has 0 aliphatic heterocycles. The highest BCUT2D eigenvalue weighted by Crippen LogP contribution is 2.11. The van der Waals surface area contributed by atoms with Crippen LogP contribution in [0.5, 0.6) is 0 Å². The van der Waals surface area contributed by atoms with Gasteiger partial charge >= 0.3 is 0 Å². The lowest BCUT2D eigenvalue weighted by atomic mass is 10.3. The standard InChI is InChI=1S/C11H20N4OS/c1-13-6-3-7-15(2)11(16)9-8-17-10(14-9)4-5-12/h8,13H,3-7,12H2,1-2H3. The van der Waals surface area contributed by atoms with Crippen molar-refractivity contribution in [3.05, 3.63) is 16.1 Å². The number of nitrogens with two attached hydrogens (primary N) is 1. The third-order valence-electron chi connectivity index (χ3n) is 2.40. The molecule has 5 nitrogen and oxygen atoms in total. The van der Waals surface area contributed by atoms with Gasteiger partial charge in [-0.3, -0.25) is 4.79 Å². The van der Waals surface area contributed by atoms with Crippen LogP contribution in [0.2, 0.25) is 0 Å². The SMILES string of the molecule is CNCCCN(C)C(=O)c1csc(CCN)n1. The van der Waals surface area contributed by atoms with Gasteiger partial charge in [-0.25, -0.2) is 4.98 Å². The minimum atomic E-state index is -0.0133. The zero-order chi connectivity index (χ0) is 12.7. The predicted octanol–water partition coefficient (Wildman–Crippen LogP) is 0.326. The summed E-state index contributed by atoms with van der Waals surface area (Å²) in [4.78, 5) is 18.0. The lowest BCUT2D eigenvalue weighted by Gasteiger charge is -2.15. The van der Waals surface area contributed by atoms with Crippen molar-refractivity contribution in [2.75, 3.05) is 33.7 Å². The van der Waals surface area contributed by atoms with E-state index in [1.807, 2.05) is 12.4 Å². The van der Waals surface area contributed by atoms with Crippen LogP contribution in [0.3, 0.4) is 0 Å². The van der Waals surface area contributed by atoms with Gasteiger partial charge in [-0.05, 0) is 26.6 Å². The predicted molar refractivity (Wildman–Crippen MR) is 70.4 cm³/mol. The first kappa shape index (κ1) is 14.1. The summed E-state index contributed by atoms with van der Waals surface area (Å²) in [5.74, 6) is -0.0133. The first-order valence-electron chi connectivity index (χ1n) is 5.73. The highest BCUT2D eigenvalue weighted by Gasteiger charge is 2.14. The molecule has 3 N–H and O–H groups in total. The Kier molecular flexibility index (Phi) is 6.10. The molecule has 0 spiro atoms. The maximum atomic E-state index is 12.0. The Morgan fingerprint density at radius 2 is 2.41 bits per heavy atom. The summed E-state index contributed by atoms with van der Waals surface area (Å²) >= 11 is 1.50. The molecule has 1 rings (SSSR count). The number of rotatable bonds is 7. The molecule has 0 saturated heterocycles. The molecule has 0 bridgehead atoms. The molecule has 17 heavy (non-hydrogen) atoms. The second-order valence-corrected chi connectivity index (χ2v) is 4.79. The molecule has 0 fully saturated rings. The molecular formula is C11H20N4OS. The summed E-state index contributed by atoms with van der Waals surface area (Å²) in [6.07, 6.45) is 1.68. The Morgan fingerprint density at radius 3 is 3.06 bits per heavy atom. The Balaban J connectivity index is 2.49. The molecule has 0 aromatic carbocycles. The van der Waals surface area contributed by atoms with Gasteiger partial charge in [0.2, 0.25) is 0 Å². The molecule has 0 aliphatic rings. The van der Waals surface area contributed by atoms with E-state index in [9.17, 15) is 4.79 Å². The van der Waals surface area contributed by atoms with E-state index in [1.165, 1.54) is 11.3 Å². The van der Waals surface area contributed by atoms with Crippen molar-refractivity contribution in [2.45, 2.75) is 12.8 Å². The van der Waals surface area contributed by atoms with Gasteiger partial charge in [0.25, 0.3) is 5.91 Å². The Labute approximate surface area is 106 Å². The first-order valence-corrected chi connectivity index (χ1v) is 6.61. The van der Waals surface area contributed by atoms with Crippen LogP contribution in [-0.2, 0) is 6.42 Å². The van der Waals surface area contributed by atoms with Crippen molar-refractivity contribution in [1.82, 2.24) is 15.2 Å². The second-order valence-electron chi connectivity index (χ2n) is 3.85. The van der Waals surface area contributed by atoms with Gasteiger partial charge in [0, 0.05) is 25.4 Å². The summed E-state index contributed by atoms with van der Waals surface area (Å²) in [5.41, 5.74) is 5.98. The molecule has 1 amide bonds. The molecule has 0 unspecified atom stereocenters. The van der Waals surface area contributed by atoms with E-state index in [0.29, 0.717) is 12.2 Å². The van der Waals surface area contributed by atoms with Gasteiger partial charge in [0.1, 0.15) is 5.69 Å². The van der Waals surface area contributed by atoms with Crippen LogP contribution in [0.15, 0.2) is 5.38 Å². The topological polar surface area (TPSA) is 71.2 Å². The maximum Gasteiger partial charge on any atom is 0.273 e. The van der Waals surface area contributed by atoms with E-state index in [2.05, 4.69) is 10.3 Å². The first-order chi connectivity index (χ1) is 8.19. The van der Waals surface area contributed by atoms with Crippen molar-refractivity contribution in [2.24, 2.45) is 5.73 Å². The lowest BCUT2D eigenvalue weighted by Crippen LogP contribution is -2.29. The van der Waals surface area contributed by atoms with Gasteiger partial charge in [-0.1, -0.05) is 0 Å². The monoisotopic (exact) mass is 256 g/mol. The fourth-order valence-corrected chi connectivity index (χ4v) is 2.23. The van der Waals surface area contributed by atoms with Crippen LogP contribution in [0.1, 0.15) is 21.9 Å². The highest BCUT2D eigenvalue weighted by atomic mass is 32.1. The number of hydrogen-bond acceptors (Lipinski definition) is 5. The molecule has 96 valence electrons. The smallest absolute Gasteiger partial charge is 0.273 e. The minimum Gasteiger partial charge on any atom is -0.340 e. The number of carbonyl (C=O) groups is 1. The Hall–Kier alpha value is -0.980. The van der Waals surface area contributed by atoms with Crippen LogP contribution in [0.4, 0.5) is 0 Å². The number of carbonyl (C=O) groups excluding carboxylic acids is 1. The quantitative estimate of drug-likeness (QED) is 0.690. The summed E-state index contributed by atoms with van der Waals surface area (Å²) in [5, 5.41) is 5.79. The van der Waals surface area contributed by atoms with E-state index in [4.69, 9.17) is 5.73 Å². The normalized spacial score (nSPS) is 10.5. The van der Waals surface area contributed by atoms with Gasteiger partial charge in [0.05, 0.1) is 5.01 Å². The fraction of sp³-hybridized carbons (Fsp3) is 0.636. The maximum absolute atomic E-state index is 12.0. The van der Waals surface area contributed by atoms with Gasteiger partial charge in [0.15, 0.2) is 0 Å². The van der Waals surface area contributed by atoms with Gasteiger partial charge < -0.3 is 16.0 Å². The minimum absolute atomic E-state index is 0.0133. The fourth-order valence-electron chi connectivity index (χ4n) is 1.44. The summed E-state index contributed by atoms with van der Waals surface area (Å²) in [7, 11) is 3.71. The summed E-state index contributed by atoms with van der Waals surface area (Å²) in [6.45, 7) is 2.22. The highest BCUT2D eigenvalue weighted by molar-refractivity contribution is 7.09. The zero-order valence-corrected chi connectivity index (χ0v) is 11.2. The number of nitrogens with one attached hydrogen (secondary N) is 1. The number of amides is 1. The van der Waals surface area contributed by atoms with Gasteiger partial charge in [-0.15, -0.1) is 11.3 Å². The number of aromatic nitrogens is 1. The van der Waals surface area contributed by atoms with Crippen molar-refractivity contribution in [3.8, 4) is 0 Å². The van der Waals surface area contributed by atoms with Crippen molar-refractivity contribution < 1.29 is 4.79 Å². The van der Waals surface area contributed by atoms with Crippen LogP contribution in [-0.4, -0.2) is 49.5 Å². The lowest BCUT2D eigenvalue weighted by molar-refractivity contribution is 0.0788. The second kappa shape index (κ2) is 7.37. The van der Waals surface area contributed by atoms with Crippen LogP contribution >= 0.6 is 11.3 Å². The Bertz CT molecular complexity index is 353. The van der Waals surface area contributed by atoms with Crippen molar-refractivity contribution >= 4 is 17.2 Å². The van der Waals surface area contributed by atoms with E-state index >= 15 is 0 Å². The molecular weight excluding hydrogens is 236 g/mol. The van der Waals surface area contributed by atoms with E-state index in [-0.39, 0.29) is 5.91 Å². The third kappa shape index (κ3) is 4.41. The molecule has 0 atom stereocenters. The zero-order valence-electron chi connectivity index (χ0n) is 10.4. The molecule has 1 heterocycles. The van der Waals surface area contributed by atoms with E-state index < -0.39 is 0 Å². The molecule has 1 aromatic rings. The average Bonchev–Trinajstić information content (AvgIpc) is 2.77. The van der Waals surface area contributed by atoms with E-state index in [0.717, 1.165) is 30.9 Å². The van der Waals surface area contributed by atoms with Crippen molar-refractivity contribution in [3.63, 3.8) is 0 Å². The average molecular weight is 256 g/mol. The number of thiazole rings is 1. The van der Waals surface area contributed by atoms with Crippen molar-refractivity contribution in [1.29, 1.82) is 0 Å². The molecule has 0 aliphatic carbocycles. The molecule has 0 radical (unpaired) electrons. The summed E-state index contributed by atoms with van der Waals surface area (Å²) < 4.78 is 0.